The van der Waals surface area contributed by atoms with Crippen LogP contribution in [0.25, 0.3) is 0 Å². The third-order valence-corrected chi connectivity index (χ3v) is 5.82. The van der Waals surface area contributed by atoms with Gasteiger partial charge in [0, 0.05) is 31.1 Å². The number of ether oxygens (including phenoxy) is 1. The first-order chi connectivity index (χ1) is 13.8. The smallest absolute Gasteiger partial charge is 0.119 e. The maximum Gasteiger partial charge on any atom is 0.119 e. The lowest BCUT2D eigenvalue weighted by Gasteiger charge is -2.33. The Morgan fingerprint density at radius 3 is 2.71 bits per heavy atom. The second-order valence-electron chi connectivity index (χ2n) is 7.87. The molecule has 2 unspecified atom stereocenters. The van der Waals surface area contributed by atoms with Gasteiger partial charge in [0.05, 0.1) is 12.6 Å². The average molecular weight is 378 g/mol. The number of rotatable bonds is 8. The fraction of sp³-hybridized carbons (Fsp3) is 0.458. The molecular formula is C24H31N3O. The van der Waals surface area contributed by atoms with Crippen molar-refractivity contribution in [2.24, 2.45) is 11.0 Å². The number of piperidine rings is 1. The fourth-order valence-electron chi connectivity index (χ4n) is 4.32. The van der Waals surface area contributed by atoms with Gasteiger partial charge in [-0.2, -0.15) is 5.10 Å². The zero-order chi connectivity index (χ0) is 19.2. The van der Waals surface area contributed by atoms with Crippen LogP contribution in [0, 0.1) is 5.92 Å². The summed E-state index contributed by atoms with van der Waals surface area (Å²) in [5, 5.41) is 4.63. The van der Waals surface area contributed by atoms with Crippen molar-refractivity contribution >= 4 is 5.71 Å². The minimum atomic E-state index is 0.293. The number of aryl methyl sites for hydroxylation is 1. The van der Waals surface area contributed by atoms with Crippen LogP contribution in [0.2, 0.25) is 0 Å². The molecule has 0 saturated carbocycles. The molecule has 0 spiro atoms. The highest BCUT2D eigenvalue weighted by Crippen LogP contribution is 2.33. The molecule has 2 aliphatic heterocycles. The zero-order valence-corrected chi connectivity index (χ0v) is 16.8. The van der Waals surface area contributed by atoms with Gasteiger partial charge in [-0.1, -0.05) is 49.4 Å². The van der Waals surface area contributed by atoms with E-state index >= 15 is 0 Å². The number of likely N-dealkylation sites (tertiary alicyclic amines) is 1. The Labute approximate surface area is 168 Å². The molecule has 4 nitrogen and oxygen atoms in total. The average Bonchev–Trinajstić information content (AvgIpc) is 3.16. The normalized spacial score (nSPS) is 21.7. The van der Waals surface area contributed by atoms with E-state index in [4.69, 9.17) is 4.74 Å². The van der Waals surface area contributed by atoms with Crippen LogP contribution in [0.4, 0.5) is 0 Å². The van der Waals surface area contributed by atoms with Crippen molar-refractivity contribution in [1.29, 1.82) is 0 Å². The van der Waals surface area contributed by atoms with Crippen LogP contribution in [0.3, 0.4) is 0 Å². The summed E-state index contributed by atoms with van der Waals surface area (Å²) >= 11 is 0. The fourth-order valence-corrected chi connectivity index (χ4v) is 4.32. The van der Waals surface area contributed by atoms with Gasteiger partial charge in [0.1, 0.15) is 5.75 Å². The minimum absolute atomic E-state index is 0.293. The highest BCUT2D eigenvalue weighted by Gasteiger charge is 2.36. The maximum absolute atomic E-state index is 5.94. The van der Waals surface area contributed by atoms with Crippen LogP contribution in [-0.2, 0) is 6.42 Å². The van der Waals surface area contributed by atoms with Gasteiger partial charge >= 0.3 is 0 Å². The van der Waals surface area contributed by atoms with E-state index in [1.807, 2.05) is 0 Å². The Morgan fingerprint density at radius 1 is 1.11 bits per heavy atom. The summed E-state index contributed by atoms with van der Waals surface area (Å²) in [6.07, 6.45) is 4.40. The van der Waals surface area contributed by atoms with Gasteiger partial charge in [0.2, 0.25) is 0 Å². The highest BCUT2D eigenvalue weighted by atomic mass is 16.5. The third kappa shape index (κ3) is 4.56. The molecule has 2 aromatic carbocycles. The third-order valence-electron chi connectivity index (χ3n) is 5.82. The number of hydrogen-bond donors (Lipinski definition) is 1. The van der Waals surface area contributed by atoms with Crippen molar-refractivity contribution < 1.29 is 4.74 Å². The first-order valence-corrected chi connectivity index (χ1v) is 10.6. The van der Waals surface area contributed by atoms with Crippen LogP contribution < -0.4 is 10.2 Å². The summed E-state index contributed by atoms with van der Waals surface area (Å²) in [6, 6.07) is 19.5. The van der Waals surface area contributed by atoms with Crippen LogP contribution in [0.1, 0.15) is 43.4 Å². The molecule has 4 rings (SSSR count). The Morgan fingerprint density at radius 2 is 1.93 bits per heavy atom. The summed E-state index contributed by atoms with van der Waals surface area (Å²) in [4.78, 5) is 2.58. The van der Waals surface area contributed by atoms with Gasteiger partial charge in [-0.05, 0) is 49.1 Å². The van der Waals surface area contributed by atoms with E-state index in [2.05, 4.69) is 76.9 Å². The van der Waals surface area contributed by atoms with Gasteiger partial charge in [-0.25, -0.2) is 0 Å². The molecule has 4 heteroatoms. The molecule has 0 bridgehead atoms. The monoisotopic (exact) mass is 377 g/mol. The number of nitrogens with one attached hydrogen (secondary N) is 1. The molecule has 2 aromatic rings. The lowest BCUT2D eigenvalue weighted by Crippen LogP contribution is -2.42. The zero-order valence-electron chi connectivity index (χ0n) is 16.8. The maximum atomic E-state index is 5.94. The summed E-state index contributed by atoms with van der Waals surface area (Å²) in [6.45, 7) is 6.45. The highest BCUT2D eigenvalue weighted by molar-refractivity contribution is 5.89. The van der Waals surface area contributed by atoms with Crippen molar-refractivity contribution in [1.82, 2.24) is 10.3 Å². The molecule has 0 aliphatic carbocycles. The Hall–Kier alpha value is -2.33. The predicted molar refractivity (Wildman–Crippen MR) is 115 cm³/mol. The van der Waals surface area contributed by atoms with Crippen molar-refractivity contribution in [3.63, 3.8) is 0 Å². The Kier molecular flexibility index (Phi) is 6.27. The van der Waals surface area contributed by atoms with Crippen molar-refractivity contribution in [2.45, 2.75) is 38.6 Å². The molecule has 1 fully saturated rings. The summed E-state index contributed by atoms with van der Waals surface area (Å²) < 4.78 is 5.94. The number of hydrogen-bond acceptors (Lipinski definition) is 4. The van der Waals surface area contributed by atoms with E-state index in [9.17, 15) is 0 Å². The SMILES string of the molecule is CCCN1CCC2=NNC(c3ccc(OCCCc4ccccc4)cc3)C2C1. The van der Waals surface area contributed by atoms with E-state index in [0.717, 1.165) is 44.7 Å². The molecule has 2 atom stereocenters. The molecular weight excluding hydrogens is 346 g/mol. The minimum Gasteiger partial charge on any atom is -0.494 e. The predicted octanol–water partition coefficient (Wildman–Crippen LogP) is 4.43. The van der Waals surface area contributed by atoms with Crippen LogP contribution in [-0.4, -0.2) is 36.9 Å². The summed E-state index contributed by atoms with van der Waals surface area (Å²) in [5.74, 6) is 1.45. The molecule has 2 aliphatic rings. The topological polar surface area (TPSA) is 36.9 Å². The van der Waals surface area contributed by atoms with E-state index in [0.29, 0.717) is 12.0 Å². The second-order valence-corrected chi connectivity index (χ2v) is 7.87. The molecule has 148 valence electrons. The summed E-state index contributed by atoms with van der Waals surface area (Å²) in [5.41, 5.74) is 7.41. The first kappa shape index (κ1) is 19.0. The molecule has 1 saturated heterocycles. The van der Waals surface area contributed by atoms with Crippen LogP contribution in [0.15, 0.2) is 59.7 Å². The van der Waals surface area contributed by atoms with Crippen molar-refractivity contribution in [2.75, 3.05) is 26.2 Å². The largest absolute Gasteiger partial charge is 0.494 e. The molecule has 1 N–H and O–H groups in total. The van der Waals surface area contributed by atoms with Gasteiger partial charge in [-0.3, -0.25) is 0 Å². The van der Waals surface area contributed by atoms with Crippen molar-refractivity contribution in [3.8, 4) is 5.75 Å². The van der Waals surface area contributed by atoms with Gasteiger partial charge < -0.3 is 15.1 Å². The molecule has 0 aromatic heterocycles. The van der Waals surface area contributed by atoms with Gasteiger partial charge in [0.25, 0.3) is 0 Å². The molecule has 28 heavy (non-hydrogen) atoms. The molecule has 0 amide bonds. The summed E-state index contributed by atoms with van der Waals surface area (Å²) in [7, 11) is 0. The number of hydrazone groups is 1. The van der Waals surface area contributed by atoms with Crippen LogP contribution in [0.5, 0.6) is 5.75 Å². The van der Waals surface area contributed by atoms with E-state index in [1.54, 1.807) is 0 Å². The molecule has 2 heterocycles. The van der Waals surface area contributed by atoms with Gasteiger partial charge in [0.15, 0.2) is 0 Å². The second kappa shape index (κ2) is 9.24. The quantitative estimate of drug-likeness (QED) is 0.692. The first-order valence-electron chi connectivity index (χ1n) is 10.6. The van der Waals surface area contributed by atoms with E-state index in [1.165, 1.54) is 29.8 Å². The Balaban J connectivity index is 1.28. The number of fused-ring (bicyclic) bond motifs is 1. The lowest BCUT2D eigenvalue weighted by atomic mass is 9.86. The van der Waals surface area contributed by atoms with Crippen molar-refractivity contribution in [3.05, 3.63) is 65.7 Å². The standard InChI is InChI=1S/C24H31N3O/c1-2-15-27-16-14-23-22(18-27)24(26-25-23)20-10-12-21(13-11-20)28-17-6-9-19-7-4-3-5-8-19/h3-5,7-8,10-13,22,24,26H,2,6,9,14-18H2,1H3. The van der Waals surface area contributed by atoms with Crippen LogP contribution >= 0.6 is 0 Å². The number of nitrogens with zero attached hydrogens (tertiary/aromatic N) is 2. The lowest BCUT2D eigenvalue weighted by molar-refractivity contribution is 0.228. The number of benzene rings is 2. The Bertz CT molecular complexity index is 772. The van der Waals surface area contributed by atoms with E-state index in [-0.39, 0.29) is 0 Å². The van der Waals surface area contributed by atoms with Gasteiger partial charge in [-0.15, -0.1) is 0 Å². The molecule has 0 radical (unpaired) electrons. The van der Waals surface area contributed by atoms with E-state index < -0.39 is 0 Å².